The number of fused-ring (bicyclic) bond motifs is 1. The first-order chi connectivity index (χ1) is 10.1. The maximum Gasteiger partial charge on any atom is 0.194 e. The van der Waals surface area contributed by atoms with E-state index in [1.807, 2.05) is 25.1 Å². The summed E-state index contributed by atoms with van der Waals surface area (Å²) in [7, 11) is 0. The molecule has 3 aromatic rings. The summed E-state index contributed by atoms with van der Waals surface area (Å²) in [6.45, 7) is 4.81. The second kappa shape index (κ2) is 5.51. The summed E-state index contributed by atoms with van der Waals surface area (Å²) in [5, 5.41) is 14.4. The SMILES string of the molecule is Cc1nc2scc(C)n2c1CNc1ccc(C#N)cc1Br. The van der Waals surface area contributed by atoms with E-state index in [1.165, 1.54) is 11.4 Å². The average Bonchev–Trinajstić information content (AvgIpc) is 2.97. The fraction of sp³-hybridized carbons (Fsp3) is 0.200. The Kier molecular flexibility index (Phi) is 3.70. The summed E-state index contributed by atoms with van der Waals surface area (Å²) in [6.07, 6.45) is 0. The second-order valence-electron chi connectivity index (χ2n) is 4.80. The lowest BCUT2D eigenvalue weighted by molar-refractivity contribution is 0.965. The molecule has 0 fully saturated rings. The Hall–Kier alpha value is -1.84. The normalized spacial score (nSPS) is 10.8. The molecule has 0 saturated heterocycles. The molecule has 0 aliphatic rings. The van der Waals surface area contributed by atoms with Gasteiger partial charge >= 0.3 is 0 Å². The number of aromatic nitrogens is 2. The van der Waals surface area contributed by atoms with Gasteiger partial charge in [-0.05, 0) is 48.0 Å². The first-order valence-electron chi connectivity index (χ1n) is 6.45. The van der Waals surface area contributed by atoms with Crippen LogP contribution in [0.2, 0.25) is 0 Å². The maximum atomic E-state index is 8.89. The van der Waals surface area contributed by atoms with Crippen LogP contribution in [-0.2, 0) is 6.54 Å². The van der Waals surface area contributed by atoms with E-state index < -0.39 is 0 Å². The Morgan fingerprint density at radius 1 is 1.43 bits per heavy atom. The highest BCUT2D eigenvalue weighted by Gasteiger charge is 2.12. The van der Waals surface area contributed by atoms with Crippen LogP contribution < -0.4 is 5.32 Å². The van der Waals surface area contributed by atoms with Crippen molar-refractivity contribution in [1.82, 2.24) is 9.38 Å². The number of hydrogen-bond acceptors (Lipinski definition) is 4. The van der Waals surface area contributed by atoms with Gasteiger partial charge in [0.1, 0.15) is 0 Å². The van der Waals surface area contributed by atoms with Crippen molar-refractivity contribution in [1.29, 1.82) is 5.26 Å². The van der Waals surface area contributed by atoms with Gasteiger partial charge in [-0.15, -0.1) is 11.3 Å². The van der Waals surface area contributed by atoms with Gasteiger partial charge in [-0.1, -0.05) is 0 Å². The predicted molar refractivity (Wildman–Crippen MR) is 88.7 cm³/mol. The molecule has 3 rings (SSSR count). The molecule has 0 spiro atoms. The van der Waals surface area contributed by atoms with Crippen molar-refractivity contribution in [2.75, 3.05) is 5.32 Å². The van der Waals surface area contributed by atoms with Crippen LogP contribution in [0.15, 0.2) is 28.1 Å². The largest absolute Gasteiger partial charge is 0.378 e. The van der Waals surface area contributed by atoms with Crippen molar-refractivity contribution in [3.63, 3.8) is 0 Å². The molecule has 21 heavy (non-hydrogen) atoms. The molecular weight excluding hydrogens is 348 g/mol. The highest BCUT2D eigenvalue weighted by molar-refractivity contribution is 9.10. The number of hydrogen-bond donors (Lipinski definition) is 1. The van der Waals surface area contributed by atoms with E-state index >= 15 is 0 Å². The summed E-state index contributed by atoms with van der Waals surface area (Å²) in [5.74, 6) is 0. The minimum Gasteiger partial charge on any atom is -0.378 e. The summed E-state index contributed by atoms with van der Waals surface area (Å²) >= 11 is 5.15. The lowest BCUT2D eigenvalue weighted by Gasteiger charge is -2.09. The van der Waals surface area contributed by atoms with Gasteiger partial charge in [0.05, 0.1) is 29.6 Å². The Morgan fingerprint density at radius 2 is 2.24 bits per heavy atom. The molecule has 0 bridgehead atoms. The fourth-order valence-electron chi connectivity index (χ4n) is 2.28. The number of nitriles is 1. The van der Waals surface area contributed by atoms with Gasteiger partial charge in [0, 0.05) is 21.2 Å². The molecule has 0 saturated carbocycles. The minimum atomic E-state index is 0.643. The van der Waals surface area contributed by atoms with Gasteiger partial charge in [-0.2, -0.15) is 5.26 Å². The van der Waals surface area contributed by atoms with Crippen molar-refractivity contribution in [2.45, 2.75) is 20.4 Å². The molecule has 2 aromatic heterocycles. The minimum absolute atomic E-state index is 0.643. The number of thiazole rings is 1. The van der Waals surface area contributed by atoms with E-state index in [0.29, 0.717) is 12.1 Å². The van der Waals surface area contributed by atoms with Crippen molar-refractivity contribution in [3.05, 3.63) is 50.7 Å². The van der Waals surface area contributed by atoms with Gasteiger partial charge in [0.15, 0.2) is 4.96 Å². The van der Waals surface area contributed by atoms with E-state index in [-0.39, 0.29) is 0 Å². The quantitative estimate of drug-likeness (QED) is 0.758. The van der Waals surface area contributed by atoms with Gasteiger partial charge in [-0.25, -0.2) is 4.98 Å². The van der Waals surface area contributed by atoms with Gasteiger partial charge in [0.2, 0.25) is 0 Å². The average molecular weight is 361 g/mol. The van der Waals surface area contributed by atoms with Gasteiger partial charge < -0.3 is 5.32 Å². The third-order valence-electron chi connectivity index (χ3n) is 3.37. The van der Waals surface area contributed by atoms with E-state index in [4.69, 9.17) is 5.26 Å². The summed E-state index contributed by atoms with van der Waals surface area (Å²) in [6, 6.07) is 7.67. The van der Waals surface area contributed by atoms with Crippen molar-refractivity contribution in [3.8, 4) is 6.07 Å². The molecule has 6 heteroatoms. The lowest BCUT2D eigenvalue weighted by Crippen LogP contribution is -2.05. The van der Waals surface area contributed by atoms with Crippen molar-refractivity contribution < 1.29 is 0 Å². The van der Waals surface area contributed by atoms with E-state index in [2.05, 4.69) is 49.0 Å². The van der Waals surface area contributed by atoms with Gasteiger partial charge in [-0.3, -0.25) is 4.40 Å². The number of nitrogens with zero attached hydrogens (tertiary/aromatic N) is 3. The van der Waals surface area contributed by atoms with Crippen LogP contribution in [0.4, 0.5) is 5.69 Å². The smallest absolute Gasteiger partial charge is 0.194 e. The van der Waals surface area contributed by atoms with Crippen molar-refractivity contribution in [2.24, 2.45) is 0 Å². The number of benzene rings is 1. The van der Waals surface area contributed by atoms with Gasteiger partial charge in [0.25, 0.3) is 0 Å². The third kappa shape index (κ3) is 2.55. The Morgan fingerprint density at radius 3 is 2.95 bits per heavy atom. The first-order valence-corrected chi connectivity index (χ1v) is 8.13. The topological polar surface area (TPSA) is 53.1 Å². The Balaban J connectivity index is 1.88. The maximum absolute atomic E-state index is 8.89. The zero-order valence-corrected chi connectivity index (χ0v) is 14.0. The monoisotopic (exact) mass is 360 g/mol. The molecule has 0 unspecified atom stereocenters. The number of nitrogens with one attached hydrogen (secondary N) is 1. The lowest BCUT2D eigenvalue weighted by atomic mass is 10.2. The number of anilines is 1. The number of halogens is 1. The van der Waals surface area contributed by atoms with E-state index in [9.17, 15) is 0 Å². The van der Waals surface area contributed by atoms with E-state index in [1.54, 1.807) is 11.3 Å². The number of aryl methyl sites for hydroxylation is 2. The molecular formula is C15H13BrN4S. The highest BCUT2D eigenvalue weighted by atomic mass is 79.9. The van der Waals surface area contributed by atoms with Crippen LogP contribution >= 0.6 is 27.3 Å². The summed E-state index contributed by atoms with van der Waals surface area (Å²) in [5.41, 5.74) is 5.02. The molecule has 0 aliphatic heterocycles. The van der Waals surface area contributed by atoms with Crippen LogP contribution in [-0.4, -0.2) is 9.38 Å². The van der Waals surface area contributed by atoms with Crippen LogP contribution in [0.1, 0.15) is 22.6 Å². The summed E-state index contributed by atoms with van der Waals surface area (Å²) < 4.78 is 3.08. The van der Waals surface area contributed by atoms with Crippen LogP contribution in [0.5, 0.6) is 0 Å². The molecule has 1 aromatic carbocycles. The molecule has 4 nitrogen and oxygen atoms in total. The molecule has 0 aliphatic carbocycles. The highest BCUT2D eigenvalue weighted by Crippen LogP contribution is 2.25. The second-order valence-corrected chi connectivity index (χ2v) is 6.49. The number of imidazole rings is 1. The molecule has 2 heterocycles. The molecule has 1 N–H and O–H groups in total. The predicted octanol–water partition coefficient (Wildman–Crippen LogP) is 4.26. The molecule has 0 atom stereocenters. The molecule has 0 radical (unpaired) electrons. The zero-order chi connectivity index (χ0) is 15.0. The van der Waals surface area contributed by atoms with E-state index in [0.717, 1.165) is 20.8 Å². The fourth-order valence-corrected chi connectivity index (χ4v) is 3.73. The van der Waals surface area contributed by atoms with Crippen LogP contribution in [0.3, 0.4) is 0 Å². The Bertz CT molecular complexity index is 857. The standard InChI is InChI=1S/C15H13BrN4S/c1-9-8-21-15-19-10(2)14(20(9)15)7-18-13-4-3-11(6-17)5-12(13)16/h3-5,8,18H,7H2,1-2H3. The van der Waals surface area contributed by atoms with Crippen molar-refractivity contribution >= 4 is 37.9 Å². The summed E-state index contributed by atoms with van der Waals surface area (Å²) in [4.78, 5) is 5.61. The molecule has 106 valence electrons. The first kappa shape index (κ1) is 14.1. The zero-order valence-electron chi connectivity index (χ0n) is 11.6. The number of rotatable bonds is 3. The van der Waals surface area contributed by atoms with Crippen LogP contribution in [0, 0.1) is 25.2 Å². The Labute approximate surface area is 135 Å². The third-order valence-corrected chi connectivity index (χ3v) is 4.97. The molecule has 0 amide bonds. The van der Waals surface area contributed by atoms with Crippen LogP contribution in [0.25, 0.3) is 4.96 Å².